The van der Waals surface area contributed by atoms with Gasteiger partial charge < -0.3 is 9.80 Å². The average Bonchev–Trinajstić information content (AvgIpc) is 1.53. The highest BCUT2D eigenvalue weighted by atomic mass is 15.2. The standard InChI is InChI=1S/C93H71BN2/c1-91(2,3)67-52-48-60(49-53-67)65-51-55-83-82(56-65)94-81-54-50-66(69-39-25-44-77-76-38-21-24-47-80(76)93(87(69)77)78-45-22-19-36-74(78)75-37-20-23-46-79(75)93)57-84(81)96(90-72(63-32-15-9-16-33-63)42-27-43-73(90)64-34-17-10-18-35-64)86-59-68(92(4,5)6)58-85(88(86)94)95(83)89-70(61-28-11-7-12-29-61)40-26-41-71(89)62-30-13-8-14-31-62/h7-59H,1-6H3. The van der Waals surface area contributed by atoms with Crippen molar-refractivity contribution in [3.05, 3.63) is 355 Å². The van der Waals surface area contributed by atoms with E-state index in [9.17, 15) is 0 Å². The summed E-state index contributed by atoms with van der Waals surface area (Å²) in [7, 11) is 0. The third kappa shape index (κ3) is 8.72. The second kappa shape index (κ2) is 21.9. The molecule has 2 nitrogen and oxygen atoms in total. The van der Waals surface area contributed by atoms with Crippen molar-refractivity contribution in [2.75, 3.05) is 9.80 Å². The Morgan fingerprint density at radius 1 is 0.250 bits per heavy atom. The van der Waals surface area contributed by atoms with Crippen molar-refractivity contribution in [2.24, 2.45) is 0 Å². The lowest BCUT2D eigenvalue weighted by atomic mass is 9.33. The first kappa shape index (κ1) is 57.4. The van der Waals surface area contributed by atoms with Crippen molar-refractivity contribution < 1.29 is 0 Å². The second-order valence-electron chi connectivity index (χ2n) is 28.6. The third-order valence-corrected chi connectivity index (χ3v) is 21.2. The van der Waals surface area contributed by atoms with Crippen LogP contribution < -0.4 is 26.2 Å². The van der Waals surface area contributed by atoms with Crippen molar-refractivity contribution in [1.29, 1.82) is 0 Å². The van der Waals surface area contributed by atoms with E-state index in [1.807, 2.05) is 0 Å². The van der Waals surface area contributed by atoms with Gasteiger partial charge in [0.2, 0.25) is 0 Å². The molecular formula is C93H71BN2. The third-order valence-electron chi connectivity index (χ3n) is 21.2. The van der Waals surface area contributed by atoms with Gasteiger partial charge in [-0.25, -0.2) is 0 Å². The zero-order valence-corrected chi connectivity index (χ0v) is 55.1. The first-order valence-electron chi connectivity index (χ1n) is 34.0. The summed E-state index contributed by atoms with van der Waals surface area (Å²) < 4.78 is 0. The highest BCUT2D eigenvalue weighted by Gasteiger charge is 2.53. The monoisotopic (exact) mass is 1230 g/mol. The van der Waals surface area contributed by atoms with E-state index in [-0.39, 0.29) is 17.5 Å². The predicted molar refractivity (Wildman–Crippen MR) is 407 cm³/mol. The van der Waals surface area contributed by atoms with Gasteiger partial charge in [0.25, 0.3) is 6.71 Å². The summed E-state index contributed by atoms with van der Waals surface area (Å²) in [6, 6.07) is 122. The summed E-state index contributed by atoms with van der Waals surface area (Å²) in [5, 5.41) is 0. The lowest BCUT2D eigenvalue weighted by molar-refractivity contribution is 0.590. The Kier molecular flexibility index (Phi) is 13.1. The van der Waals surface area contributed by atoms with Crippen LogP contribution in [0.25, 0.3) is 89.0 Å². The fourth-order valence-corrected chi connectivity index (χ4v) is 16.8. The SMILES string of the molecule is CC(C)(C)c1ccc(-c2ccc3c(c2)B2c4ccc(-c5cccc6c5C5(c7ccccc7-c7ccccc75)c5ccccc5-6)cc4N(c4c(-c5ccccc5)cccc4-c4ccccc4)c4cc(C(C)(C)C)cc(c42)N3c2c(-c3ccccc3)cccc2-c2ccccc2)cc1. The molecule has 0 amide bonds. The van der Waals surface area contributed by atoms with Crippen LogP contribution in [0.2, 0.25) is 0 Å². The minimum Gasteiger partial charge on any atom is -0.310 e. The van der Waals surface area contributed by atoms with Crippen LogP contribution in [-0.2, 0) is 16.2 Å². The number of para-hydroxylation sites is 2. The van der Waals surface area contributed by atoms with Gasteiger partial charge in [0.15, 0.2) is 0 Å². The predicted octanol–water partition coefficient (Wildman–Crippen LogP) is 22.7. The molecule has 0 unspecified atom stereocenters. The van der Waals surface area contributed by atoms with Crippen LogP contribution in [0, 0.1) is 0 Å². The fraction of sp³-hybridized carbons (Fsp3) is 0.0968. The summed E-state index contributed by atoms with van der Waals surface area (Å²) in [5.74, 6) is 0. The summed E-state index contributed by atoms with van der Waals surface area (Å²) in [5.41, 5.74) is 37.1. The number of hydrogen-bond acceptors (Lipinski definition) is 2. The van der Waals surface area contributed by atoms with Gasteiger partial charge in [0.05, 0.1) is 16.8 Å². The van der Waals surface area contributed by atoms with E-state index in [0.717, 1.165) is 56.1 Å². The first-order chi connectivity index (χ1) is 46.9. The molecule has 14 aromatic rings. The zero-order valence-electron chi connectivity index (χ0n) is 55.1. The van der Waals surface area contributed by atoms with Crippen LogP contribution >= 0.6 is 0 Å². The van der Waals surface area contributed by atoms with Crippen LogP contribution in [0.5, 0.6) is 0 Å². The van der Waals surface area contributed by atoms with Gasteiger partial charge in [-0.1, -0.05) is 339 Å². The van der Waals surface area contributed by atoms with E-state index >= 15 is 0 Å². The Morgan fingerprint density at radius 2 is 0.625 bits per heavy atom. The van der Waals surface area contributed by atoms with E-state index in [1.54, 1.807) is 0 Å². The summed E-state index contributed by atoms with van der Waals surface area (Å²) in [4.78, 5) is 5.40. The molecule has 2 aliphatic carbocycles. The van der Waals surface area contributed by atoms with Crippen molar-refractivity contribution in [3.63, 3.8) is 0 Å². The molecule has 18 rings (SSSR count). The van der Waals surface area contributed by atoms with Crippen LogP contribution in [0.4, 0.5) is 34.1 Å². The molecule has 2 heterocycles. The van der Waals surface area contributed by atoms with Crippen LogP contribution in [0.3, 0.4) is 0 Å². The minimum atomic E-state index is -0.559. The van der Waals surface area contributed by atoms with E-state index < -0.39 is 5.41 Å². The molecule has 3 heteroatoms. The molecule has 0 N–H and O–H groups in total. The molecule has 0 atom stereocenters. The maximum Gasteiger partial charge on any atom is 0.252 e. The molecule has 96 heavy (non-hydrogen) atoms. The quantitative estimate of drug-likeness (QED) is 0.140. The van der Waals surface area contributed by atoms with E-state index in [0.29, 0.717) is 0 Å². The number of anilines is 6. The fourth-order valence-electron chi connectivity index (χ4n) is 16.8. The van der Waals surface area contributed by atoms with Crippen molar-refractivity contribution in [1.82, 2.24) is 0 Å². The number of benzene rings is 14. The molecule has 1 spiro atoms. The first-order valence-corrected chi connectivity index (χ1v) is 34.0. The summed E-state index contributed by atoms with van der Waals surface area (Å²) in [6.07, 6.45) is 0. The van der Waals surface area contributed by atoms with Gasteiger partial charge in [0.1, 0.15) is 0 Å². The number of hydrogen-bond donors (Lipinski definition) is 0. The lowest BCUT2D eigenvalue weighted by Crippen LogP contribution is -2.61. The number of nitrogens with zero attached hydrogens (tertiary/aromatic N) is 2. The molecule has 14 aromatic carbocycles. The number of fused-ring (bicyclic) bond motifs is 14. The molecule has 0 saturated heterocycles. The Labute approximate surface area is 565 Å². The Bertz CT molecular complexity index is 5250. The highest BCUT2D eigenvalue weighted by molar-refractivity contribution is 7.00. The number of rotatable bonds is 8. The Balaban J connectivity index is 0.990. The maximum atomic E-state index is 2.72. The molecule has 0 fully saturated rings. The normalized spacial score (nSPS) is 13.5. The molecule has 2 aliphatic heterocycles. The lowest BCUT2D eigenvalue weighted by Gasteiger charge is -2.46. The zero-order chi connectivity index (χ0) is 64.6. The largest absolute Gasteiger partial charge is 0.310 e. The second-order valence-corrected chi connectivity index (χ2v) is 28.6. The van der Waals surface area contributed by atoms with Crippen LogP contribution in [0.1, 0.15) is 74.9 Å². The smallest absolute Gasteiger partial charge is 0.252 e. The molecule has 0 radical (unpaired) electrons. The van der Waals surface area contributed by atoms with Gasteiger partial charge in [-0.2, -0.15) is 0 Å². The molecule has 0 saturated carbocycles. The Hall–Kier alpha value is -11.3. The van der Waals surface area contributed by atoms with E-state index in [2.05, 4.69) is 373 Å². The average molecular weight is 1230 g/mol. The van der Waals surface area contributed by atoms with Gasteiger partial charge in [-0.15, -0.1) is 0 Å². The molecule has 456 valence electrons. The van der Waals surface area contributed by atoms with Crippen LogP contribution in [0.15, 0.2) is 322 Å². The van der Waals surface area contributed by atoms with Gasteiger partial charge in [-0.3, -0.25) is 0 Å². The highest BCUT2D eigenvalue weighted by Crippen LogP contribution is 2.65. The van der Waals surface area contributed by atoms with Crippen molar-refractivity contribution in [3.8, 4) is 89.0 Å². The topological polar surface area (TPSA) is 6.48 Å². The van der Waals surface area contributed by atoms with Crippen LogP contribution in [-0.4, -0.2) is 6.71 Å². The van der Waals surface area contributed by atoms with Gasteiger partial charge in [0, 0.05) is 45.0 Å². The summed E-state index contributed by atoms with van der Waals surface area (Å²) in [6.45, 7) is 13.9. The van der Waals surface area contributed by atoms with E-state index in [4.69, 9.17) is 0 Å². The van der Waals surface area contributed by atoms with Gasteiger partial charge >= 0.3 is 0 Å². The van der Waals surface area contributed by atoms with Crippen molar-refractivity contribution in [2.45, 2.75) is 57.8 Å². The summed E-state index contributed by atoms with van der Waals surface area (Å²) >= 11 is 0. The molecule has 0 bridgehead atoms. The van der Waals surface area contributed by atoms with E-state index in [1.165, 1.54) is 117 Å². The molecular weight excluding hydrogens is 1160 g/mol. The minimum absolute atomic E-state index is 0.00994. The van der Waals surface area contributed by atoms with Crippen molar-refractivity contribution >= 4 is 57.2 Å². The maximum absolute atomic E-state index is 2.72. The Morgan fingerprint density at radius 3 is 1.08 bits per heavy atom. The molecule has 4 aliphatic rings. The molecule has 0 aromatic heterocycles. The van der Waals surface area contributed by atoms with Gasteiger partial charge in [-0.05, 0) is 152 Å².